The summed E-state index contributed by atoms with van der Waals surface area (Å²) in [5, 5.41) is 7.11. The Morgan fingerprint density at radius 2 is 1.83 bits per heavy atom. The molecule has 3 aromatic heterocycles. The molecule has 8 heteroatoms. The van der Waals surface area contributed by atoms with Gasteiger partial charge < -0.3 is 14.8 Å². The van der Waals surface area contributed by atoms with Gasteiger partial charge in [0.25, 0.3) is 5.91 Å². The van der Waals surface area contributed by atoms with Gasteiger partial charge in [0, 0.05) is 24.8 Å². The van der Waals surface area contributed by atoms with E-state index in [1.807, 2.05) is 36.4 Å². The van der Waals surface area contributed by atoms with Crippen LogP contribution in [0, 0.1) is 0 Å². The van der Waals surface area contributed by atoms with E-state index in [-0.39, 0.29) is 11.6 Å². The number of carbonyl (C=O) groups is 1. The fourth-order valence-electron chi connectivity index (χ4n) is 2.74. The predicted molar refractivity (Wildman–Crippen MR) is 111 cm³/mol. The molecule has 0 aliphatic heterocycles. The van der Waals surface area contributed by atoms with Crippen LogP contribution in [0.5, 0.6) is 11.5 Å². The highest BCUT2D eigenvalue weighted by atomic mass is 16.5. The second kappa shape index (κ2) is 8.87. The van der Waals surface area contributed by atoms with E-state index in [9.17, 15) is 4.79 Å². The number of benzene rings is 1. The highest BCUT2D eigenvalue weighted by molar-refractivity contribution is 6.03. The van der Waals surface area contributed by atoms with E-state index in [1.165, 1.54) is 0 Å². The van der Waals surface area contributed by atoms with Crippen LogP contribution in [0.3, 0.4) is 0 Å². The smallest absolute Gasteiger partial charge is 0.277 e. The summed E-state index contributed by atoms with van der Waals surface area (Å²) in [7, 11) is 1.61. The predicted octanol–water partition coefficient (Wildman–Crippen LogP) is 3.50. The molecule has 150 valence electrons. The lowest BCUT2D eigenvalue weighted by atomic mass is 10.3. The lowest BCUT2D eigenvalue weighted by Crippen LogP contribution is -2.15. The van der Waals surface area contributed by atoms with Gasteiger partial charge in [0.1, 0.15) is 12.4 Å². The van der Waals surface area contributed by atoms with E-state index in [0.29, 0.717) is 18.2 Å². The van der Waals surface area contributed by atoms with Crippen molar-refractivity contribution >= 4 is 11.7 Å². The van der Waals surface area contributed by atoms with Gasteiger partial charge in [-0.3, -0.25) is 9.78 Å². The molecule has 0 bridgehead atoms. The molecule has 4 aromatic rings. The van der Waals surface area contributed by atoms with Crippen molar-refractivity contribution < 1.29 is 14.3 Å². The minimum Gasteiger partial charge on any atom is -0.497 e. The molecule has 0 saturated carbocycles. The molecular formula is C22H19N5O3. The number of anilines is 1. The summed E-state index contributed by atoms with van der Waals surface area (Å²) in [4.78, 5) is 20.9. The summed E-state index contributed by atoms with van der Waals surface area (Å²) in [6.45, 7) is 0.336. The minimum atomic E-state index is -0.380. The Morgan fingerprint density at radius 3 is 2.60 bits per heavy atom. The highest BCUT2D eigenvalue weighted by Crippen LogP contribution is 2.23. The maximum atomic E-state index is 12.7. The molecule has 4 rings (SSSR count). The Labute approximate surface area is 173 Å². The van der Waals surface area contributed by atoms with Gasteiger partial charge in [-0.05, 0) is 60.2 Å². The van der Waals surface area contributed by atoms with E-state index in [1.54, 1.807) is 54.8 Å². The largest absolute Gasteiger partial charge is 0.497 e. The zero-order valence-electron chi connectivity index (χ0n) is 16.2. The van der Waals surface area contributed by atoms with Gasteiger partial charge in [-0.2, -0.15) is 5.10 Å². The molecule has 1 aromatic carbocycles. The van der Waals surface area contributed by atoms with Crippen molar-refractivity contribution in [3.8, 4) is 17.2 Å². The van der Waals surface area contributed by atoms with Crippen LogP contribution in [0.15, 0.2) is 79.4 Å². The van der Waals surface area contributed by atoms with E-state index >= 15 is 0 Å². The third kappa shape index (κ3) is 4.44. The number of hydrogen-bond acceptors (Lipinski definition) is 6. The summed E-state index contributed by atoms with van der Waals surface area (Å²) in [6, 6.07) is 16.2. The molecule has 0 atom stereocenters. The van der Waals surface area contributed by atoms with E-state index in [0.717, 1.165) is 17.0 Å². The number of amides is 1. The van der Waals surface area contributed by atoms with Crippen LogP contribution in [0.4, 0.5) is 5.82 Å². The zero-order chi connectivity index (χ0) is 20.8. The fraction of sp³-hybridized carbons (Fsp3) is 0.0909. The van der Waals surface area contributed by atoms with Crippen molar-refractivity contribution in [3.63, 3.8) is 0 Å². The molecule has 0 aliphatic rings. The lowest BCUT2D eigenvalue weighted by Gasteiger charge is -2.11. The second-order valence-corrected chi connectivity index (χ2v) is 6.29. The van der Waals surface area contributed by atoms with Crippen LogP contribution in [0.1, 0.15) is 16.1 Å². The number of rotatable bonds is 7. The quantitative estimate of drug-likeness (QED) is 0.510. The zero-order valence-corrected chi connectivity index (χ0v) is 16.2. The number of nitrogens with one attached hydrogen (secondary N) is 1. The summed E-state index contributed by atoms with van der Waals surface area (Å²) in [5.41, 5.74) is 2.04. The summed E-state index contributed by atoms with van der Waals surface area (Å²) < 4.78 is 12.6. The molecule has 0 fully saturated rings. The van der Waals surface area contributed by atoms with Crippen molar-refractivity contribution in [2.75, 3.05) is 12.4 Å². The van der Waals surface area contributed by atoms with Crippen LogP contribution in [0.2, 0.25) is 0 Å². The minimum absolute atomic E-state index is 0.261. The van der Waals surface area contributed by atoms with Gasteiger partial charge >= 0.3 is 0 Å². The molecule has 0 radical (unpaired) electrons. The molecule has 0 spiro atoms. The molecule has 1 amide bonds. The molecule has 0 aliphatic carbocycles. The molecule has 0 saturated heterocycles. The number of pyridine rings is 2. The Kier molecular flexibility index (Phi) is 5.66. The molecule has 30 heavy (non-hydrogen) atoms. The maximum absolute atomic E-state index is 12.7. The van der Waals surface area contributed by atoms with Gasteiger partial charge in [-0.15, -0.1) is 0 Å². The number of aromatic nitrogens is 4. The first-order valence-corrected chi connectivity index (χ1v) is 9.21. The van der Waals surface area contributed by atoms with E-state index in [4.69, 9.17) is 9.47 Å². The van der Waals surface area contributed by atoms with Gasteiger partial charge in [0.05, 0.1) is 12.8 Å². The van der Waals surface area contributed by atoms with Crippen LogP contribution in [-0.4, -0.2) is 32.8 Å². The molecule has 8 nitrogen and oxygen atoms in total. The highest BCUT2D eigenvalue weighted by Gasteiger charge is 2.14. The standard InChI is InChI=1S/C22H19N5O3/c1-29-18-6-4-17(5-7-18)27-14-10-19(26-27)22(28)25-21-20(3-2-11-24-21)30-15-16-8-12-23-13-9-16/h2-14H,15H2,1H3,(H,24,25,28). The molecule has 3 heterocycles. The molecular weight excluding hydrogens is 382 g/mol. The van der Waals surface area contributed by atoms with Crippen LogP contribution in [0.25, 0.3) is 5.69 Å². The maximum Gasteiger partial charge on any atom is 0.277 e. The summed E-state index contributed by atoms with van der Waals surface area (Å²) >= 11 is 0. The van der Waals surface area contributed by atoms with Crippen molar-refractivity contribution in [1.82, 2.24) is 19.7 Å². The first-order chi connectivity index (χ1) is 14.7. The van der Waals surface area contributed by atoms with Crippen molar-refractivity contribution in [1.29, 1.82) is 0 Å². The van der Waals surface area contributed by atoms with Crippen molar-refractivity contribution in [3.05, 3.63) is 90.6 Å². The van der Waals surface area contributed by atoms with Crippen molar-refractivity contribution in [2.45, 2.75) is 6.61 Å². The monoisotopic (exact) mass is 401 g/mol. The SMILES string of the molecule is COc1ccc(-n2ccc(C(=O)Nc3ncccc3OCc3ccncc3)n2)cc1. The average Bonchev–Trinajstić information content (AvgIpc) is 3.30. The normalized spacial score (nSPS) is 10.4. The molecule has 0 unspecified atom stereocenters. The first-order valence-electron chi connectivity index (χ1n) is 9.21. The summed E-state index contributed by atoms with van der Waals surface area (Å²) in [5.74, 6) is 1.17. The van der Waals surface area contributed by atoms with E-state index < -0.39 is 0 Å². The average molecular weight is 401 g/mol. The summed E-state index contributed by atoms with van der Waals surface area (Å²) in [6.07, 6.45) is 6.70. The Balaban J connectivity index is 1.46. The third-order valence-electron chi connectivity index (χ3n) is 4.31. The van der Waals surface area contributed by atoms with Crippen LogP contribution >= 0.6 is 0 Å². The number of ether oxygens (including phenoxy) is 2. The topological polar surface area (TPSA) is 91.2 Å². The van der Waals surface area contributed by atoms with Gasteiger partial charge in [0.15, 0.2) is 17.3 Å². The van der Waals surface area contributed by atoms with Crippen molar-refractivity contribution in [2.24, 2.45) is 0 Å². The number of carbonyl (C=O) groups excluding carboxylic acids is 1. The Morgan fingerprint density at radius 1 is 1.03 bits per heavy atom. The lowest BCUT2D eigenvalue weighted by molar-refractivity contribution is 0.102. The van der Waals surface area contributed by atoms with Gasteiger partial charge in [-0.1, -0.05) is 0 Å². The second-order valence-electron chi connectivity index (χ2n) is 6.29. The van der Waals surface area contributed by atoms with Crippen LogP contribution in [-0.2, 0) is 6.61 Å². The number of hydrogen-bond donors (Lipinski definition) is 1. The third-order valence-corrected chi connectivity index (χ3v) is 4.31. The fourth-order valence-corrected chi connectivity index (χ4v) is 2.74. The number of methoxy groups -OCH3 is 1. The molecule has 1 N–H and O–H groups in total. The van der Waals surface area contributed by atoms with Crippen LogP contribution < -0.4 is 14.8 Å². The number of nitrogens with zero attached hydrogens (tertiary/aromatic N) is 4. The Bertz CT molecular complexity index is 1130. The van der Waals surface area contributed by atoms with Gasteiger partial charge in [0.2, 0.25) is 0 Å². The Hall–Kier alpha value is -4.20. The first kappa shape index (κ1) is 19.1. The van der Waals surface area contributed by atoms with Gasteiger partial charge in [-0.25, -0.2) is 9.67 Å². The van der Waals surface area contributed by atoms with E-state index in [2.05, 4.69) is 20.4 Å².